The molecule has 1 aliphatic heterocycles. The Morgan fingerprint density at radius 3 is 2.18 bits per heavy atom. The number of rotatable bonds is 2. The van der Waals surface area contributed by atoms with Crippen LogP contribution in [0.1, 0.15) is 13.8 Å². The summed E-state index contributed by atoms with van der Waals surface area (Å²) in [6.45, 7) is 4.61. The molecule has 1 N–H and O–H groups in total. The maximum atomic E-state index is 12.2. The molecule has 1 amide bonds. The van der Waals surface area contributed by atoms with E-state index < -0.39 is 34.0 Å². The molecule has 0 aromatic rings. The molecular weight excluding hydrogens is 242 g/mol. The van der Waals surface area contributed by atoms with Crippen LogP contribution in [0, 0.1) is 17.3 Å². The molecule has 6 heteroatoms. The second kappa shape index (κ2) is 4.08. The minimum absolute atomic E-state index is 0.0842. The van der Waals surface area contributed by atoms with Crippen molar-refractivity contribution in [3.8, 4) is 0 Å². The number of carbonyl (C=O) groups is 2. The van der Waals surface area contributed by atoms with Gasteiger partial charge in [0.1, 0.15) is 0 Å². The number of carboxylic acids is 1. The highest BCUT2D eigenvalue weighted by Crippen LogP contribution is 2.59. The Bertz CT molecular complexity index is 383. The molecule has 96 valence electrons. The summed E-state index contributed by atoms with van der Waals surface area (Å²) in [6, 6.07) is 0. The summed E-state index contributed by atoms with van der Waals surface area (Å²) in [5, 5.41) is 9.03. The molecule has 0 aromatic heterocycles. The molecule has 1 saturated heterocycles. The fourth-order valence-corrected chi connectivity index (χ4v) is 3.67. The Balaban J connectivity index is 2.02. The summed E-state index contributed by atoms with van der Waals surface area (Å²) >= 11 is 0. The second-order valence-electron chi connectivity index (χ2n) is 5.29. The Morgan fingerprint density at radius 2 is 1.76 bits per heavy atom. The second-order valence-corrected chi connectivity index (χ2v) is 6.98. The van der Waals surface area contributed by atoms with Crippen LogP contribution in [0.25, 0.3) is 0 Å². The van der Waals surface area contributed by atoms with E-state index in [1.54, 1.807) is 4.90 Å². The summed E-state index contributed by atoms with van der Waals surface area (Å²) < 4.78 is 11.2. The van der Waals surface area contributed by atoms with E-state index in [4.69, 9.17) is 5.11 Å². The maximum Gasteiger partial charge on any atom is 0.307 e. The van der Waals surface area contributed by atoms with E-state index in [0.29, 0.717) is 24.6 Å². The van der Waals surface area contributed by atoms with E-state index in [-0.39, 0.29) is 5.91 Å². The van der Waals surface area contributed by atoms with E-state index in [1.165, 1.54) is 0 Å². The predicted octanol–water partition coefficient (Wildman–Crippen LogP) is -0.0659. The SMILES string of the molecule is CC1(C)C(C(=O)O)C1C(=O)N1CCS(=O)CC1. The van der Waals surface area contributed by atoms with Crippen molar-refractivity contribution in [3.63, 3.8) is 0 Å². The standard InChI is InChI=1S/C11H17NO4S/c1-11(2)7(8(11)10(14)15)9(13)12-3-5-17(16)6-4-12/h7-8H,3-6H2,1-2H3,(H,14,15). The van der Waals surface area contributed by atoms with Crippen LogP contribution in [-0.2, 0) is 20.4 Å². The summed E-state index contributed by atoms with van der Waals surface area (Å²) in [7, 11) is -0.817. The molecule has 2 rings (SSSR count). The molecule has 0 bridgehead atoms. The van der Waals surface area contributed by atoms with Gasteiger partial charge in [-0.25, -0.2) is 0 Å². The van der Waals surface area contributed by atoms with Gasteiger partial charge in [0.05, 0.1) is 11.8 Å². The summed E-state index contributed by atoms with van der Waals surface area (Å²) in [5.74, 6) is -0.935. The summed E-state index contributed by atoms with van der Waals surface area (Å²) in [6.07, 6.45) is 0. The lowest BCUT2D eigenvalue weighted by Gasteiger charge is -2.27. The number of nitrogens with zero attached hydrogens (tertiary/aromatic N) is 1. The highest BCUT2D eigenvalue weighted by molar-refractivity contribution is 7.85. The molecule has 1 heterocycles. The van der Waals surface area contributed by atoms with E-state index in [9.17, 15) is 13.8 Å². The maximum absolute atomic E-state index is 12.2. The zero-order valence-electron chi connectivity index (χ0n) is 10.0. The minimum Gasteiger partial charge on any atom is -0.481 e. The summed E-state index contributed by atoms with van der Waals surface area (Å²) in [5.41, 5.74) is -0.445. The zero-order chi connectivity index (χ0) is 12.8. The smallest absolute Gasteiger partial charge is 0.307 e. The Morgan fingerprint density at radius 1 is 1.24 bits per heavy atom. The molecule has 5 nitrogen and oxygen atoms in total. The van der Waals surface area contributed by atoms with Gasteiger partial charge in [0.25, 0.3) is 0 Å². The first-order chi connectivity index (χ1) is 7.85. The van der Waals surface area contributed by atoms with Crippen LogP contribution in [0.15, 0.2) is 0 Å². The number of carboxylic acid groups (broad SMARTS) is 1. The molecule has 0 aromatic carbocycles. The summed E-state index contributed by atoms with van der Waals surface area (Å²) in [4.78, 5) is 24.8. The number of hydrogen-bond donors (Lipinski definition) is 1. The molecule has 1 saturated carbocycles. The van der Waals surface area contributed by atoms with Crippen molar-refractivity contribution >= 4 is 22.7 Å². The van der Waals surface area contributed by atoms with Crippen LogP contribution >= 0.6 is 0 Å². The van der Waals surface area contributed by atoms with Crippen LogP contribution in [0.5, 0.6) is 0 Å². The largest absolute Gasteiger partial charge is 0.481 e. The fourth-order valence-electron chi connectivity index (χ4n) is 2.61. The van der Waals surface area contributed by atoms with Crippen LogP contribution in [0.4, 0.5) is 0 Å². The minimum atomic E-state index is -0.895. The third-order valence-corrected chi connectivity index (χ3v) is 5.12. The van der Waals surface area contributed by atoms with Gasteiger partial charge in [0.2, 0.25) is 5.91 Å². The van der Waals surface area contributed by atoms with Gasteiger partial charge in [-0.15, -0.1) is 0 Å². The van der Waals surface area contributed by atoms with Gasteiger partial charge >= 0.3 is 5.97 Å². The fraction of sp³-hybridized carbons (Fsp3) is 0.818. The number of carbonyl (C=O) groups excluding carboxylic acids is 1. The van der Waals surface area contributed by atoms with E-state index in [1.807, 2.05) is 13.8 Å². The first-order valence-electron chi connectivity index (χ1n) is 5.72. The lowest BCUT2D eigenvalue weighted by Crippen LogP contribution is -2.43. The van der Waals surface area contributed by atoms with Crippen LogP contribution in [0.2, 0.25) is 0 Å². The van der Waals surface area contributed by atoms with Gasteiger partial charge in [-0.2, -0.15) is 0 Å². The molecule has 2 aliphatic rings. The van der Waals surface area contributed by atoms with E-state index in [2.05, 4.69) is 0 Å². The first-order valence-corrected chi connectivity index (χ1v) is 7.21. The molecule has 1 aliphatic carbocycles. The quantitative estimate of drug-likeness (QED) is 0.753. The van der Waals surface area contributed by atoms with Gasteiger partial charge in [-0.3, -0.25) is 13.8 Å². The lowest BCUT2D eigenvalue weighted by atomic mass is 10.1. The van der Waals surface area contributed by atoms with Gasteiger partial charge < -0.3 is 10.0 Å². The van der Waals surface area contributed by atoms with Crippen molar-refractivity contribution in [2.24, 2.45) is 17.3 Å². The zero-order valence-corrected chi connectivity index (χ0v) is 10.8. The normalized spacial score (nSPS) is 32.2. The number of hydrogen-bond acceptors (Lipinski definition) is 3. The van der Waals surface area contributed by atoms with Crippen molar-refractivity contribution in [2.45, 2.75) is 13.8 Å². The van der Waals surface area contributed by atoms with Crippen molar-refractivity contribution in [3.05, 3.63) is 0 Å². The van der Waals surface area contributed by atoms with Gasteiger partial charge in [-0.05, 0) is 5.41 Å². The Hall–Kier alpha value is -0.910. The van der Waals surface area contributed by atoms with E-state index >= 15 is 0 Å². The predicted molar refractivity (Wildman–Crippen MR) is 62.9 cm³/mol. The van der Waals surface area contributed by atoms with Gasteiger partial charge in [-0.1, -0.05) is 13.8 Å². The Kier molecular flexibility index (Phi) is 3.01. The molecule has 17 heavy (non-hydrogen) atoms. The average Bonchev–Trinajstić information content (AvgIpc) is 2.82. The van der Waals surface area contributed by atoms with Crippen molar-refractivity contribution in [1.29, 1.82) is 0 Å². The number of aliphatic carboxylic acids is 1. The average molecular weight is 259 g/mol. The molecule has 0 radical (unpaired) electrons. The van der Waals surface area contributed by atoms with E-state index in [0.717, 1.165) is 0 Å². The van der Waals surface area contributed by atoms with Gasteiger partial charge in [0, 0.05) is 35.4 Å². The molecule has 2 unspecified atom stereocenters. The number of amides is 1. The van der Waals surface area contributed by atoms with Crippen LogP contribution in [0.3, 0.4) is 0 Å². The highest BCUT2D eigenvalue weighted by atomic mass is 32.2. The van der Waals surface area contributed by atoms with Crippen molar-refractivity contribution in [1.82, 2.24) is 4.90 Å². The third-order valence-electron chi connectivity index (χ3n) is 3.85. The van der Waals surface area contributed by atoms with Gasteiger partial charge in [0.15, 0.2) is 0 Å². The molecule has 0 spiro atoms. The van der Waals surface area contributed by atoms with Crippen LogP contribution in [-0.4, -0.2) is 50.7 Å². The van der Waals surface area contributed by atoms with Crippen molar-refractivity contribution < 1.29 is 18.9 Å². The Labute approximate surface area is 103 Å². The first kappa shape index (κ1) is 12.5. The third kappa shape index (κ3) is 2.10. The van der Waals surface area contributed by atoms with Crippen molar-refractivity contribution in [2.75, 3.05) is 24.6 Å². The van der Waals surface area contributed by atoms with Crippen LogP contribution < -0.4 is 0 Å². The molecule has 2 fully saturated rings. The topological polar surface area (TPSA) is 74.7 Å². The lowest BCUT2D eigenvalue weighted by molar-refractivity contribution is -0.142. The highest BCUT2D eigenvalue weighted by Gasteiger charge is 2.66. The molecular formula is C11H17NO4S. The molecule has 2 atom stereocenters. The monoisotopic (exact) mass is 259 g/mol.